The van der Waals surface area contributed by atoms with Gasteiger partial charge in [-0.25, -0.2) is 4.68 Å². The van der Waals surface area contributed by atoms with E-state index in [1.165, 1.54) is 5.56 Å². The van der Waals surface area contributed by atoms with E-state index in [1.54, 1.807) is 18.0 Å². The van der Waals surface area contributed by atoms with E-state index in [2.05, 4.69) is 39.6 Å². The Balaban J connectivity index is 1.44. The molecule has 0 aliphatic rings. The van der Waals surface area contributed by atoms with E-state index in [1.807, 2.05) is 59.4 Å². The minimum atomic E-state index is 0.871. The summed E-state index contributed by atoms with van der Waals surface area (Å²) in [5.74, 6) is 0.896. The van der Waals surface area contributed by atoms with Gasteiger partial charge in [-0.15, -0.1) is 10.2 Å². The van der Waals surface area contributed by atoms with Gasteiger partial charge in [0.05, 0.1) is 11.4 Å². The molecule has 2 aromatic heterocycles. The molecule has 0 aliphatic carbocycles. The molecule has 2 aromatic carbocycles. The van der Waals surface area contributed by atoms with Crippen LogP contribution in [0.2, 0.25) is 0 Å². The van der Waals surface area contributed by atoms with Crippen LogP contribution in [-0.4, -0.2) is 20.0 Å². The summed E-state index contributed by atoms with van der Waals surface area (Å²) < 4.78 is 1.83. The highest BCUT2D eigenvalue weighted by atomic mass is 32.2. The smallest absolute Gasteiger partial charge is 0.119 e. The molecular formula is C20H16N4S. The second-order valence-corrected chi connectivity index (χ2v) is 6.52. The van der Waals surface area contributed by atoms with Gasteiger partial charge in [-0.3, -0.25) is 0 Å². The molecule has 2 heterocycles. The van der Waals surface area contributed by atoms with E-state index in [-0.39, 0.29) is 0 Å². The zero-order chi connectivity index (χ0) is 16.9. The zero-order valence-electron chi connectivity index (χ0n) is 13.5. The molecule has 0 N–H and O–H groups in total. The Labute approximate surface area is 150 Å². The van der Waals surface area contributed by atoms with Gasteiger partial charge in [0.25, 0.3) is 0 Å². The first-order valence-electron chi connectivity index (χ1n) is 7.99. The second kappa shape index (κ2) is 7.32. The average molecular weight is 344 g/mol. The van der Waals surface area contributed by atoms with Crippen LogP contribution >= 0.6 is 11.8 Å². The van der Waals surface area contributed by atoms with Crippen molar-refractivity contribution < 1.29 is 0 Å². The van der Waals surface area contributed by atoms with Crippen LogP contribution in [0.4, 0.5) is 0 Å². The minimum absolute atomic E-state index is 0.871. The molecule has 25 heavy (non-hydrogen) atoms. The molecule has 4 rings (SSSR count). The van der Waals surface area contributed by atoms with E-state index in [0.29, 0.717) is 0 Å². The SMILES string of the molecule is c1ccc(CSc2ccc(-c3ccc(-n4cccn4)cc3)nn2)cc1. The molecule has 0 fully saturated rings. The molecule has 0 aliphatic heterocycles. The van der Waals surface area contributed by atoms with Crippen LogP contribution < -0.4 is 0 Å². The summed E-state index contributed by atoms with van der Waals surface area (Å²) in [6.07, 6.45) is 3.69. The normalized spacial score (nSPS) is 10.7. The van der Waals surface area contributed by atoms with Gasteiger partial charge in [-0.05, 0) is 35.9 Å². The van der Waals surface area contributed by atoms with Crippen LogP contribution in [0.15, 0.2) is 90.2 Å². The standard InChI is InChI=1S/C20H16N4S/c1-2-5-16(6-3-1)15-25-20-12-11-19(22-23-20)17-7-9-18(10-8-17)24-14-4-13-21-24/h1-14H,15H2. The van der Waals surface area contributed by atoms with Crippen molar-refractivity contribution in [2.75, 3.05) is 0 Å². The summed E-state index contributed by atoms with van der Waals surface area (Å²) >= 11 is 1.69. The Kier molecular flexibility index (Phi) is 4.57. The van der Waals surface area contributed by atoms with Gasteiger partial charge in [-0.1, -0.05) is 54.2 Å². The number of nitrogens with zero attached hydrogens (tertiary/aromatic N) is 4. The molecule has 4 nitrogen and oxygen atoms in total. The average Bonchev–Trinajstić information content (AvgIpc) is 3.23. The molecule has 4 aromatic rings. The van der Waals surface area contributed by atoms with E-state index >= 15 is 0 Å². The first kappa shape index (κ1) is 15.6. The summed E-state index contributed by atoms with van der Waals surface area (Å²) in [5.41, 5.74) is 4.23. The molecule has 0 radical (unpaired) electrons. The van der Waals surface area contributed by atoms with E-state index in [4.69, 9.17) is 0 Å². The fourth-order valence-corrected chi connectivity index (χ4v) is 3.26. The molecule has 0 bridgehead atoms. The van der Waals surface area contributed by atoms with Crippen LogP contribution in [0, 0.1) is 0 Å². The fourth-order valence-electron chi connectivity index (χ4n) is 2.49. The summed E-state index contributed by atoms with van der Waals surface area (Å²) in [6, 6.07) is 24.5. The van der Waals surface area contributed by atoms with Crippen LogP contribution in [-0.2, 0) is 5.75 Å². The second-order valence-electron chi connectivity index (χ2n) is 5.53. The van der Waals surface area contributed by atoms with E-state index in [0.717, 1.165) is 27.7 Å². The van der Waals surface area contributed by atoms with Crippen molar-refractivity contribution >= 4 is 11.8 Å². The maximum atomic E-state index is 4.36. The molecule has 0 unspecified atom stereocenters. The molecular weight excluding hydrogens is 328 g/mol. The van der Waals surface area contributed by atoms with Gasteiger partial charge in [0.2, 0.25) is 0 Å². The summed E-state index contributed by atoms with van der Waals surface area (Å²) in [5, 5.41) is 13.9. The Morgan fingerprint density at radius 3 is 2.32 bits per heavy atom. The highest BCUT2D eigenvalue weighted by Crippen LogP contribution is 2.23. The molecule has 0 spiro atoms. The number of rotatable bonds is 5. The first-order chi connectivity index (χ1) is 12.4. The fraction of sp³-hybridized carbons (Fsp3) is 0.0500. The quantitative estimate of drug-likeness (QED) is 0.495. The molecule has 0 amide bonds. The third-order valence-corrected chi connectivity index (χ3v) is 4.79. The van der Waals surface area contributed by atoms with Crippen LogP contribution in [0.1, 0.15) is 5.56 Å². The molecule has 0 atom stereocenters. The van der Waals surface area contributed by atoms with Gasteiger partial charge in [0.1, 0.15) is 5.03 Å². The van der Waals surface area contributed by atoms with Crippen molar-refractivity contribution in [3.63, 3.8) is 0 Å². The molecule has 0 saturated carbocycles. The predicted molar refractivity (Wildman–Crippen MR) is 101 cm³/mol. The van der Waals surface area contributed by atoms with Gasteiger partial charge in [-0.2, -0.15) is 5.10 Å². The van der Waals surface area contributed by atoms with Gasteiger partial charge in [0.15, 0.2) is 0 Å². The number of hydrogen-bond donors (Lipinski definition) is 0. The largest absolute Gasteiger partial charge is 0.241 e. The van der Waals surface area contributed by atoms with E-state index in [9.17, 15) is 0 Å². The third-order valence-electron chi connectivity index (χ3n) is 3.80. The van der Waals surface area contributed by atoms with Crippen molar-refractivity contribution in [3.8, 4) is 16.9 Å². The van der Waals surface area contributed by atoms with Crippen molar-refractivity contribution in [1.29, 1.82) is 0 Å². The topological polar surface area (TPSA) is 43.6 Å². The third kappa shape index (κ3) is 3.78. The van der Waals surface area contributed by atoms with Crippen LogP contribution in [0.25, 0.3) is 16.9 Å². The maximum Gasteiger partial charge on any atom is 0.119 e. The lowest BCUT2D eigenvalue weighted by Crippen LogP contribution is -1.94. The Bertz CT molecular complexity index is 918. The Morgan fingerprint density at radius 2 is 1.64 bits per heavy atom. The lowest BCUT2D eigenvalue weighted by molar-refractivity contribution is 0.880. The van der Waals surface area contributed by atoms with Crippen molar-refractivity contribution in [2.24, 2.45) is 0 Å². The highest BCUT2D eigenvalue weighted by molar-refractivity contribution is 7.98. The van der Waals surface area contributed by atoms with E-state index < -0.39 is 0 Å². The monoisotopic (exact) mass is 344 g/mol. The molecule has 5 heteroatoms. The van der Waals surface area contributed by atoms with Gasteiger partial charge >= 0.3 is 0 Å². The van der Waals surface area contributed by atoms with Gasteiger partial charge < -0.3 is 0 Å². The zero-order valence-corrected chi connectivity index (χ0v) is 14.3. The maximum absolute atomic E-state index is 4.36. The Hall–Kier alpha value is -2.92. The lowest BCUT2D eigenvalue weighted by atomic mass is 10.1. The number of hydrogen-bond acceptors (Lipinski definition) is 4. The lowest BCUT2D eigenvalue weighted by Gasteiger charge is -2.05. The number of aromatic nitrogens is 4. The van der Waals surface area contributed by atoms with Gasteiger partial charge in [0, 0.05) is 23.7 Å². The molecule has 0 saturated heterocycles. The molecule has 122 valence electrons. The van der Waals surface area contributed by atoms with Crippen molar-refractivity contribution in [2.45, 2.75) is 10.8 Å². The highest BCUT2D eigenvalue weighted by Gasteiger charge is 2.03. The van der Waals surface area contributed by atoms with Crippen molar-refractivity contribution in [1.82, 2.24) is 20.0 Å². The van der Waals surface area contributed by atoms with Crippen LogP contribution in [0.5, 0.6) is 0 Å². The predicted octanol–water partition coefficient (Wildman–Crippen LogP) is 4.62. The summed E-state index contributed by atoms with van der Waals surface area (Å²) in [4.78, 5) is 0. The van der Waals surface area contributed by atoms with Crippen LogP contribution in [0.3, 0.4) is 0 Å². The first-order valence-corrected chi connectivity index (χ1v) is 8.98. The summed E-state index contributed by atoms with van der Waals surface area (Å²) in [7, 11) is 0. The summed E-state index contributed by atoms with van der Waals surface area (Å²) in [6.45, 7) is 0. The number of thioether (sulfide) groups is 1. The van der Waals surface area contributed by atoms with Crippen molar-refractivity contribution in [3.05, 3.63) is 90.8 Å². The minimum Gasteiger partial charge on any atom is -0.241 e. The number of benzene rings is 2. The Morgan fingerprint density at radius 1 is 0.800 bits per heavy atom.